The van der Waals surface area contributed by atoms with Crippen LogP contribution in [0.3, 0.4) is 0 Å². The maximum absolute atomic E-state index is 3.64. The second kappa shape index (κ2) is 7.14. The summed E-state index contributed by atoms with van der Waals surface area (Å²) in [6, 6.07) is 3.28. The summed E-state index contributed by atoms with van der Waals surface area (Å²) in [5.74, 6) is 0.751. The van der Waals surface area contributed by atoms with Gasteiger partial charge in [-0.3, -0.25) is 0 Å². The number of nitrogens with zero attached hydrogens (tertiary/aromatic N) is 1. The van der Waals surface area contributed by atoms with Crippen molar-refractivity contribution in [2.24, 2.45) is 5.92 Å². The van der Waals surface area contributed by atoms with Gasteiger partial charge in [-0.15, -0.1) is 0 Å². The van der Waals surface area contributed by atoms with Gasteiger partial charge < -0.3 is 10.2 Å². The molecule has 0 aromatic carbocycles. The summed E-state index contributed by atoms with van der Waals surface area (Å²) in [5.41, 5.74) is 1.40. The Bertz CT molecular complexity index is 293. The monoisotopic (exact) mass is 254 g/mol. The van der Waals surface area contributed by atoms with E-state index in [1.807, 2.05) is 0 Å². The number of rotatable bonds is 7. The molecular formula is C14H26N2S. The highest BCUT2D eigenvalue weighted by Gasteiger charge is 2.14. The molecule has 0 aliphatic rings. The molecule has 0 fully saturated rings. The van der Waals surface area contributed by atoms with Crippen LogP contribution in [-0.4, -0.2) is 31.6 Å². The average Bonchev–Trinajstić information content (AvgIpc) is 2.76. The molecule has 0 spiro atoms. The van der Waals surface area contributed by atoms with Gasteiger partial charge in [0, 0.05) is 18.6 Å². The summed E-state index contributed by atoms with van der Waals surface area (Å²) in [7, 11) is 4.34. The van der Waals surface area contributed by atoms with Gasteiger partial charge in [-0.05, 0) is 55.7 Å². The zero-order valence-corrected chi connectivity index (χ0v) is 12.6. The smallest absolute Gasteiger partial charge is 0.0300 e. The molecule has 0 bridgehead atoms. The van der Waals surface area contributed by atoms with Crippen LogP contribution < -0.4 is 5.32 Å². The summed E-state index contributed by atoms with van der Waals surface area (Å²) in [4.78, 5) is 2.33. The Balaban J connectivity index is 2.41. The van der Waals surface area contributed by atoms with E-state index in [4.69, 9.17) is 0 Å². The Morgan fingerprint density at radius 3 is 2.47 bits per heavy atom. The van der Waals surface area contributed by atoms with Crippen LogP contribution >= 0.6 is 11.3 Å². The van der Waals surface area contributed by atoms with Crippen LogP contribution in [0.2, 0.25) is 0 Å². The van der Waals surface area contributed by atoms with Crippen molar-refractivity contribution in [1.29, 1.82) is 0 Å². The van der Waals surface area contributed by atoms with Crippen LogP contribution in [0.15, 0.2) is 16.8 Å². The summed E-state index contributed by atoms with van der Waals surface area (Å²) in [6.45, 7) is 7.88. The predicted molar refractivity (Wildman–Crippen MR) is 77.7 cm³/mol. The Labute approximate surface area is 110 Å². The van der Waals surface area contributed by atoms with Crippen LogP contribution in [0.5, 0.6) is 0 Å². The van der Waals surface area contributed by atoms with Crippen LogP contribution in [0.1, 0.15) is 38.8 Å². The lowest BCUT2D eigenvalue weighted by Crippen LogP contribution is -2.39. The summed E-state index contributed by atoms with van der Waals surface area (Å²) < 4.78 is 0. The molecule has 0 saturated carbocycles. The molecule has 17 heavy (non-hydrogen) atoms. The van der Waals surface area contributed by atoms with Gasteiger partial charge in [0.15, 0.2) is 0 Å². The first-order chi connectivity index (χ1) is 8.00. The van der Waals surface area contributed by atoms with E-state index in [1.165, 1.54) is 12.0 Å². The van der Waals surface area contributed by atoms with Crippen LogP contribution in [0.4, 0.5) is 0 Å². The second-order valence-corrected chi connectivity index (χ2v) is 6.21. The molecule has 2 nitrogen and oxygen atoms in total. The van der Waals surface area contributed by atoms with Crippen LogP contribution in [0.25, 0.3) is 0 Å². The molecule has 0 aliphatic carbocycles. The molecule has 0 radical (unpaired) electrons. The maximum Gasteiger partial charge on any atom is 0.0300 e. The lowest BCUT2D eigenvalue weighted by Gasteiger charge is -2.27. The van der Waals surface area contributed by atoms with E-state index in [1.54, 1.807) is 11.3 Å². The summed E-state index contributed by atoms with van der Waals surface area (Å²) in [6.07, 6.45) is 1.25. The van der Waals surface area contributed by atoms with Crippen molar-refractivity contribution in [2.75, 3.05) is 20.6 Å². The highest BCUT2D eigenvalue weighted by molar-refractivity contribution is 7.07. The molecule has 3 heteroatoms. The van der Waals surface area contributed by atoms with Gasteiger partial charge in [-0.1, -0.05) is 13.8 Å². The van der Waals surface area contributed by atoms with E-state index >= 15 is 0 Å². The highest BCUT2D eigenvalue weighted by atomic mass is 32.1. The minimum Gasteiger partial charge on any atom is -0.309 e. The first-order valence-corrected chi connectivity index (χ1v) is 7.37. The van der Waals surface area contributed by atoms with Gasteiger partial charge in [-0.2, -0.15) is 11.3 Å². The first-order valence-electron chi connectivity index (χ1n) is 6.42. The standard InChI is InChI=1S/C14H26N2S/c1-11(2)8-14(16(4)5)9-15-12(3)13-6-7-17-10-13/h6-7,10-12,14-15H,8-9H2,1-5H3. The number of likely N-dealkylation sites (N-methyl/N-ethyl adjacent to an activating group) is 1. The molecule has 98 valence electrons. The molecule has 0 aliphatic heterocycles. The predicted octanol–water partition coefficient (Wildman–Crippen LogP) is 3.38. The molecule has 0 saturated heterocycles. The van der Waals surface area contributed by atoms with E-state index in [0.717, 1.165) is 12.5 Å². The Hall–Kier alpha value is -0.380. The topological polar surface area (TPSA) is 15.3 Å². The van der Waals surface area contributed by atoms with Gasteiger partial charge in [0.2, 0.25) is 0 Å². The van der Waals surface area contributed by atoms with Gasteiger partial charge >= 0.3 is 0 Å². The fourth-order valence-electron chi connectivity index (χ4n) is 1.97. The van der Waals surface area contributed by atoms with Crippen molar-refractivity contribution in [2.45, 2.75) is 39.3 Å². The van der Waals surface area contributed by atoms with Crippen molar-refractivity contribution in [3.63, 3.8) is 0 Å². The van der Waals surface area contributed by atoms with Crippen molar-refractivity contribution in [3.8, 4) is 0 Å². The number of hydrogen-bond acceptors (Lipinski definition) is 3. The summed E-state index contributed by atoms with van der Waals surface area (Å²) >= 11 is 1.77. The zero-order chi connectivity index (χ0) is 12.8. The van der Waals surface area contributed by atoms with Crippen molar-refractivity contribution in [3.05, 3.63) is 22.4 Å². The minimum atomic E-state index is 0.455. The van der Waals surface area contributed by atoms with Crippen molar-refractivity contribution < 1.29 is 0 Å². The lowest BCUT2D eigenvalue weighted by atomic mass is 10.0. The van der Waals surface area contributed by atoms with Crippen molar-refractivity contribution in [1.82, 2.24) is 10.2 Å². The molecule has 0 amide bonds. The van der Waals surface area contributed by atoms with Gasteiger partial charge in [0.05, 0.1) is 0 Å². The Kier molecular flexibility index (Phi) is 6.17. The molecule has 1 heterocycles. The largest absolute Gasteiger partial charge is 0.309 e. The molecule has 1 rings (SSSR count). The first kappa shape index (κ1) is 14.7. The lowest BCUT2D eigenvalue weighted by molar-refractivity contribution is 0.242. The SMILES string of the molecule is CC(C)CC(CNC(C)c1ccsc1)N(C)C. The van der Waals surface area contributed by atoms with E-state index in [0.29, 0.717) is 12.1 Å². The fourth-order valence-corrected chi connectivity index (χ4v) is 2.73. The minimum absolute atomic E-state index is 0.455. The quantitative estimate of drug-likeness (QED) is 0.802. The van der Waals surface area contributed by atoms with Gasteiger partial charge in [0.25, 0.3) is 0 Å². The molecular weight excluding hydrogens is 228 g/mol. The molecule has 2 atom stereocenters. The Morgan fingerprint density at radius 2 is 2.00 bits per heavy atom. The number of nitrogens with one attached hydrogen (secondary N) is 1. The van der Waals surface area contributed by atoms with Gasteiger partial charge in [-0.25, -0.2) is 0 Å². The molecule has 1 aromatic heterocycles. The van der Waals surface area contributed by atoms with Crippen LogP contribution in [0, 0.1) is 5.92 Å². The zero-order valence-electron chi connectivity index (χ0n) is 11.7. The van der Waals surface area contributed by atoms with Crippen molar-refractivity contribution >= 4 is 11.3 Å². The van der Waals surface area contributed by atoms with E-state index in [9.17, 15) is 0 Å². The third-order valence-electron chi connectivity index (χ3n) is 3.18. The van der Waals surface area contributed by atoms with E-state index in [2.05, 4.69) is 61.9 Å². The van der Waals surface area contributed by atoms with E-state index in [-0.39, 0.29) is 0 Å². The molecule has 1 aromatic rings. The number of thiophene rings is 1. The van der Waals surface area contributed by atoms with Crippen LogP contribution in [-0.2, 0) is 0 Å². The normalized spacial score (nSPS) is 15.5. The third kappa shape index (κ3) is 5.19. The molecule has 2 unspecified atom stereocenters. The average molecular weight is 254 g/mol. The second-order valence-electron chi connectivity index (χ2n) is 5.43. The van der Waals surface area contributed by atoms with E-state index < -0.39 is 0 Å². The third-order valence-corrected chi connectivity index (χ3v) is 3.88. The fraction of sp³-hybridized carbons (Fsp3) is 0.714. The number of hydrogen-bond donors (Lipinski definition) is 1. The molecule has 1 N–H and O–H groups in total. The summed E-state index contributed by atoms with van der Waals surface area (Å²) in [5, 5.41) is 8.01. The van der Waals surface area contributed by atoms with Gasteiger partial charge in [0.1, 0.15) is 0 Å². The Morgan fingerprint density at radius 1 is 1.29 bits per heavy atom. The maximum atomic E-state index is 3.64. The highest BCUT2D eigenvalue weighted by Crippen LogP contribution is 2.16.